The summed E-state index contributed by atoms with van der Waals surface area (Å²) in [7, 11) is 1.40. The van der Waals surface area contributed by atoms with E-state index in [0.29, 0.717) is 15.7 Å². The van der Waals surface area contributed by atoms with Gasteiger partial charge in [0.1, 0.15) is 0 Å². The molecule has 0 N–H and O–H groups in total. The minimum absolute atomic E-state index is 0.00641. The molecule has 0 saturated carbocycles. The van der Waals surface area contributed by atoms with Crippen molar-refractivity contribution in [1.82, 2.24) is 0 Å². The van der Waals surface area contributed by atoms with Crippen molar-refractivity contribution >= 4 is 40.7 Å². The van der Waals surface area contributed by atoms with Crippen LogP contribution in [0.3, 0.4) is 0 Å². The third-order valence-corrected chi connectivity index (χ3v) is 3.39. The van der Waals surface area contributed by atoms with Crippen LogP contribution < -0.4 is 4.90 Å². The van der Waals surface area contributed by atoms with Crippen molar-refractivity contribution in [2.24, 2.45) is 0 Å². The summed E-state index contributed by atoms with van der Waals surface area (Å²) in [6, 6.07) is 4.57. The lowest BCUT2D eigenvalue weighted by Crippen LogP contribution is -2.39. The van der Waals surface area contributed by atoms with E-state index in [1.165, 1.54) is 25.3 Å². The first-order valence-electron chi connectivity index (χ1n) is 5.26. The summed E-state index contributed by atoms with van der Waals surface area (Å²) in [5.41, 5.74) is -0.755. The molecular formula is C12H11Cl2NO3. The minimum atomic E-state index is -1.12. The van der Waals surface area contributed by atoms with E-state index in [4.69, 9.17) is 27.9 Å². The van der Waals surface area contributed by atoms with Crippen molar-refractivity contribution in [3.63, 3.8) is 0 Å². The Kier molecular flexibility index (Phi) is 3.36. The highest BCUT2D eigenvalue weighted by molar-refractivity contribution is 6.35. The number of hydrogen-bond acceptors (Lipinski definition) is 3. The zero-order valence-corrected chi connectivity index (χ0v) is 11.4. The van der Waals surface area contributed by atoms with Gasteiger partial charge in [-0.3, -0.25) is 9.59 Å². The Hall–Kier alpha value is -1.10. The second-order valence-electron chi connectivity index (χ2n) is 4.27. The molecule has 0 aromatic heterocycles. The largest absolute Gasteiger partial charge is 0.368 e. The fraction of sp³-hybridized carbons (Fsp3) is 0.333. The van der Waals surface area contributed by atoms with Gasteiger partial charge in [-0.25, -0.2) is 4.90 Å². The average Bonchev–Trinajstić information content (AvgIpc) is 2.49. The lowest BCUT2D eigenvalue weighted by Gasteiger charge is -2.20. The molecule has 1 fully saturated rings. The smallest absolute Gasteiger partial charge is 0.266 e. The van der Waals surface area contributed by atoms with Crippen LogP contribution in [-0.2, 0) is 14.3 Å². The molecule has 2 rings (SSSR count). The Morgan fingerprint density at radius 2 is 1.78 bits per heavy atom. The first kappa shape index (κ1) is 13.3. The van der Waals surface area contributed by atoms with Gasteiger partial charge in [0.05, 0.1) is 12.1 Å². The number of ether oxygens (including phenoxy) is 1. The number of imide groups is 1. The summed E-state index contributed by atoms with van der Waals surface area (Å²) in [5, 5.41) is 0.730. The minimum Gasteiger partial charge on any atom is -0.368 e. The van der Waals surface area contributed by atoms with Gasteiger partial charge in [-0.2, -0.15) is 0 Å². The van der Waals surface area contributed by atoms with Gasteiger partial charge in [0, 0.05) is 17.2 Å². The second-order valence-corrected chi connectivity index (χ2v) is 5.15. The van der Waals surface area contributed by atoms with E-state index < -0.39 is 11.5 Å². The highest BCUT2D eigenvalue weighted by atomic mass is 35.5. The van der Waals surface area contributed by atoms with E-state index >= 15 is 0 Å². The van der Waals surface area contributed by atoms with Crippen molar-refractivity contribution in [2.45, 2.75) is 18.9 Å². The highest BCUT2D eigenvalue weighted by Crippen LogP contribution is 2.34. The summed E-state index contributed by atoms with van der Waals surface area (Å²) in [4.78, 5) is 25.2. The summed E-state index contributed by atoms with van der Waals surface area (Å²) >= 11 is 11.7. The van der Waals surface area contributed by atoms with Crippen molar-refractivity contribution in [1.29, 1.82) is 0 Å². The molecule has 0 bridgehead atoms. The molecule has 6 heteroatoms. The summed E-state index contributed by atoms with van der Waals surface area (Å²) in [6.45, 7) is 1.58. The Morgan fingerprint density at radius 1 is 1.22 bits per heavy atom. The molecule has 1 saturated heterocycles. The maximum atomic E-state index is 12.2. The molecule has 0 radical (unpaired) electrons. The molecule has 4 nitrogen and oxygen atoms in total. The molecule has 1 aliphatic rings. The lowest BCUT2D eigenvalue weighted by molar-refractivity contribution is -0.134. The molecule has 1 aliphatic heterocycles. The van der Waals surface area contributed by atoms with Crippen molar-refractivity contribution in [3.05, 3.63) is 28.2 Å². The van der Waals surface area contributed by atoms with E-state index in [9.17, 15) is 9.59 Å². The van der Waals surface area contributed by atoms with Gasteiger partial charge >= 0.3 is 0 Å². The fourth-order valence-corrected chi connectivity index (χ4v) is 2.40. The molecule has 1 aromatic carbocycles. The Labute approximate surface area is 114 Å². The normalized spacial score (nSPS) is 23.9. The second kappa shape index (κ2) is 4.53. The first-order chi connectivity index (χ1) is 8.37. The molecular weight excluding hydrogens is 277 g/mol. The number of nitrogens with zero attached hydrogens (tertiary/aromatic N) is 1. The van der Waals surface area contributed by atoms with Gasteiger partial charge in [0.25, 0.3) is 5.91 Å². The average molecular weight is 288 g/mol. The Morgan fingerprint density at radius 3 is 2.22 bits per heavy atom. The van der Waals surface area contributed by atoms with Gasteiger partial charge in [0.15, 0.2) is 5.60 Å². The standard InChI is InChI=1S/C12H11Cl2NO3/c1-12(18-2)6-10(16)15(11(12)17)9-4-7(13)3-8(14)5-9/h3-5H,6H2,1-2H3. The third kappa shape index (κ3) is 2.11. The number of halogens is 2. The molecule has 2 amide bonds. The van der Waals surface area contributed by atoms with Crippen LogP contribution >= 0.6 is 23.2 Å². The molecule has 0 aliphatic carbocycles. The molecule has 96 valence electrons. The number of amides is 2. The van der Waals surface area contributed by atoms with Crippen LogP contribution in [0.1, 0.15) is 13.3 Å². The number of benzene rings is 1. The molecule has 1 heterocycles. The zero-order valence-electron chi connectivity index (χ0n) is 9.87. The van der Waals surface area contributed by atoms with Crippen molar-refractivity contribution in [3.8, 4) is 0 Å². The van der Waals surface area contributed by atoms with Gasteiger partial charge in [-0.05, 0) is 25.1 Å². The van der Waals surface area contributed by atoms with Crippen LogP contribution in [0.15, 0.2) is 18.2 Å². The Bertz CT molecular complexity index is 512. The van der Waals surface area contributed by atoms with Crippen molar-refractivity contribution < 1.29 is 14.3 Å². The maximum Gasteiger partial charge on any atom is 0.266 e. The monoisotopic (exact) mass is 287 g/mol. The number of anilines is 1. The fourth-order valence-electron chi connectivity index (χ4n) is 1.88. The van der Waals surface area contributed by atoms with E-state index in [1.807, 2.05) is 0 Å². The predicted octanol–water partition coefficient (Wildman–Crippen LogP) is 2.66. The molecule has 1 unspecified atom stereocenters. The number of carbonyl (C=O) groups excluding carboxylic acids is 2. The van der Waals surface area contributed by atoms with Gasteiger partial charge in [0.2, 0.25) is 5.91 Å². The first-order valence-corrected chi connectivity index (χ1v) is 6.01. The molecule has 1 aromatic rings. The van der Waals surface area contributed by atoms with E-state index in [2.05, 4.69) is 0 Å². The highest BCUT2D eigenvalue weighted by Gasteiger charge is 2.49. The topological polar surface area (TPSA) is 46.6 Å². The van der Waals surface area contributed by atoms with E-state index in [1.54, 1.807) is 6.92 Å². The van der Waals surface area contributed by atoms with Gasteiger partial charge < -0.3 is 4.74 Å². The number of carbonyl (C=O) groups is 2. The maximum absolute atomic E-state index is 12.2. The van der Waals surface area contributed by atoms with Gasteiger partial charge in [-0.1, -0.05) is 23.2 Å². The quantitative estimate of drug-likeness (QED) is 0.786. The van der Waals surface area contributed by atoms with Crippen LogP contribution in [0, 0.1) is 0 Å². The Balaban J connectivity index is 2.45. The third-order valence-electron chi connectivity index (χ3n) is 2.95. The van der Waals surface area contributed by atoms with Crippen molar-refractivity contribution in [2.75, 3.05) is 12.0 Å². The summed E-state index contributed by atoms with van der Waals surface area (Å²) < 4.78 is 5.12. The van der Waals surface area contributed by atoms with E-state index in [0.717, 1.165) is 4.90 Å². The van der Waals surface area contributed by atoms with E-state index in [-0.39, 0.29) is 12.3 Å². The predicted molar refractivity (Wildman–Crippen MR) is 69.0 cm³/mol. The number of methoxy groups -OCH3 is 1. The van der Waals surface area contributed by atoms with Gasteiger partial charge in [-0.15, -0.1) is 0 Å². The van der Waals surface area contributed by atoms with Crippen LogP contribution in [0.5, 0.6) is 0 Å². The number of rotatable bonds is 2. The molecule has 0 spiro atoms. The zero-order chi connectivity index (χ0) is 13.5. The van der Waals surface area contributed by atoms with Crippen LogP contribution in [0.25, 0.3) is 0 Å². The van der Waals surface area contributed by atoms with Crippen LogP contribution in [-0.4, -0.2) is 24.5 Å². The summed E-state index contributed by atoms with van der Waals surface area (Å²) in [6.07, 6.45) is 0.00641. The summed E-state index contributed by atoms with van der Waals surface area (Å²) in [5.74, 6) is -0.740. The number of hydrogen-bond donors (Lipinski definition) is 0. The lowest BCUT2D eigenvalue weighted by atomic mass is 10.1. The van der Waals surface area contributed by atoms with Crippen LogP contribution in [0.2, 0.25) is 10.0 Å². The molecule has 1 atom stereocenters. The SMILES string of the molecule is COC1(C)CC(=O)N(c2cc(Cl)cc(Cl)c2)C1=O. The van der Waals surface area contributed by atoms with Crippen LogP contribution in [0.4, 0.5) is 5.69 Å². The molecule has 18 heavy (non-hydrogen) atoms.